The number of nitrogens with one attached hydrogen (secondary N) is 1. The summed E-state index contributed by atoms with van der Waals surface area (Å²) in [5, 5.41) is 6.14. The Morgan fingerprint density at radius 1 is 1.42 bits per heavy atom. The minimum atomic E-state index is -0.498. The van der Waals surface area contributed by atoms with E-state index in [9.17, 15) is 9.59 Å². The first kappa shape index (κ1) is 23.2. The Bertz CT molecular complexity index is 984. The molecular weight excluding hydrogens is 434 g/mol. The van der Waals surface area contributed by atoms with Crippen molar-refractivity contribution in [3.63, 3.8) is 0 Å². The van der Waals surface area contributed by atoms with E-state index >= 15 is 0 Å². The van der Waals surface area contributed by atoms with Gasteiger partial charge in [-0.05, 0) is 35.9 Å². The minimum absolute atomic E-state index is 0.0753. The summed E-state index contributed by atoms with van der Waals surface area (Å²) in [5.74, 6) is -0.182. The molecule has 0 fully saturated rings. The summed E-state index contributed by atoms with van der Waals surface area (Å²) >= 11 is 7.70. The Morgan fingerprint density at radius 3 is 2.87 bits per heavy atom. The standard InChI is InChI=1S/C23H26ClN3O3S/c1-5-9-30-22(29)20-15(4)26-23-27(21(20)16-7-6-8-17(24)10-16)18(13-31-23)11-19(28)25-12-14(2)3/h5-8,10,13-14,21H,1,9,11-12H2,2-4H3,(H,25,28). The second-order valence-electron chi connectivity index (χ2n) is 7.71. The van der Waals surface area contributed by atoms with E-state index < -0.39 is 12.0 Å². The van der Waals surface area contributed by atoms with Crippen LogP contribution in [0.15, 0.2) is 64.3 Å². The van der Waals surface area contributed by atoms with Crippen LogP contribution in [-0.2, 0) is 14.3 Å². The van der Waals surface area contributed by atoms with E-state index in [2.05, 4.69) is 16.9 Å². The zero-order chi connectivity index (χ0) is 22.5. The summed E-state index contributed by atoms with van der Waals surface area (Å²) in [7, 11) is 0. The summed E-state index contributed by atoms with van der Waals surface area (Å²) in [5.41, 5.74) is 2.60. The van der Waals surface area contributed by atoms with Gasteiger partial charge in [-0.2, -0.15) is 0 Å². The third-order valence-electron chi connectivity index (χ3n) is 4.77. The number of ether oxygens (including phenoxy) is 1. The molecule has 2 heterocycles. The summed E-state index contributed by atoms with van der Waals surface area (Å²) in [6, 6.07) is 6.86. The van der Waals surface area contributed by atoms with Gasteiger partial charge in [0.15, 0.2) is 5.17 Å². The number of fused-ring (bicyclic) bond motifs is 1. The second kappa shape index (κ2) is 10.2. The number of rotatable bonds is 8. The van der Waals surface area contributed by atoms with Crippen molar-refractivity contribution in [3.05, 3.63) is 69.9 Å². The Kier molecular flexibility index (Phi) is 7.62. The molecule has 0 saturated carbocycles. The quantitative estimate of drug-likeness (QED) is 0.446. The maximum absolute atomic E-state index is 13.0. The highest BCUT2D eigenvalue weighted by molar-refractivity contribution is 8.16. The molecule has 164 valence electrons. The van der Waals surface area contributed by atoms with Gasteiger partial charge in [0.2, 0.25) is 5.91 Å². The summed E-state index contributed by atoms with van der Waals surface area (Å²) < 4.78 is 5.36. The minimum Gasteiger partial charge on any atom is -0.458 e. The molecule has 1 unspecified atom stereocenters. The highest BCUT2D eigenvalue weighted by atomic mass is 35.5. The average Bonchev–Trinajstić information content (AvgIpc) is 3.11. The van der Waals surface area contributed by atoms with Crippen molar-refractivity contribution >= 4 is 40.4 Å². The SMILES string of the molecule is C=CCOC(=O)C1=C(C)N=C2SC=C(CC(=O)NCC(C)C)N2C1c1cccc(Cl)c1. The first-order valence-corrected chi connectivity index (χ1v) is 11.3. The van der Waals surface area contributed by atoms with Gasteiger partial charge in [0.05, 0.1) is 23.7 Å². The average molecular weight is 460 g/mol. The van der Waals surface area contributed by atoms with Crippen molar-refractivity contribution in [1.82, 2.24) is 10.2 Å². The van der Waals surface area contributed by atoms with Gasteiger partial charge in [0.25, 0.3) is 0 Å². The van der Waals surface area contributed by atoms with Crippen LogP contribution < -0.4 is 5.32 Å². The summed E-state index contributed by atoms with van der Waals surface area (Å²) in [6.07, 6.45) is 1.71. The van der Waals surface area contributed by atoms with E-state index in [1.807, 2.05) is 42.4 Å². The molecule has 0 aromatic heterocycles. The van der Waals surface area contributed by atoms with E-state index in [4.69, 9.17) is 16.3 Å². The first-order chi connectivity index (χ1) is 14.8. The van der Waals surface area contributed by atoms with E-state index in [1.54, 1.807) is 13.0 Å². The maximum atomic E-state index is 13.0. The number of amidine groups is 1. The maximum Gasteiger partial charge on any atom is 0.338 e. The molecular formula is C23H26ClN3O3S. The lowest BCUT2D eigenvalue weighted by Gasteiger charge is -2.36. The molecule has 1 atom stereocenters. The van der Waals surface area contributed by atoms with Crippen LogP contribution in [0.25, 0.3) is 0 Å². The Hall–Kier alpha value is -2.51. The number of carbonyl (C=O) groups is 2. The van der Waals surface area contributed by atoms with Crippen molar-refractivity contribution in [2.75, 3.05) is 13.2 Å². The highest BCUT2D eigenvalue weighted by Gasteiger charge is 2.41. The lowest BCUT2D eigenvalue weighted by atomic mass is 9.94. The van der Waals surface area contributed by atoms with E-state index in [0.717, 1.165) is 16.4 Å². The smallest absolute Gasteiger partial charge is 0.338 e. The monoisotopic (exact) mass is 459 g/mol. The molecule has 2 aliphatic heterocycles. The molecule has 8 heteroatoms. The van der Waals surface area contributed by atoms with Crippen LogP contribution in [0.5, 0.6) is 0 Å². The predicted molar refractivity (Wildman–Crippen MR) is 125 cm³/mol. The topological polar surface area (TPSA) is 71.0 Å². The van der Waals surface area contributed by atoms with Crippen LogP contribution in [0.2, 0.25) is 5.02 Å². The van der Waals surface area contributed by atoms with Crippen LogP contribution >= 0.6 is 23.4 Å². The third kappa shape index (κ3) is 5.40. The number of benzene rings is 1. The number of hydrogen-bond acceptors (Lipinski definition) is 6. The molecule has 3 rings (SSSR count). The van der Waals surface area contributed by atoms with Crippen LogP contribution in [-0.4, -0.2) is 35.1 Å². The van der Waals surface area contributed by atoms with Crippen molar-refractivity contribution < 1.29 is 14.3 Å². The summed E-state index contributed by atoms with van der Waals surface area (Å²) in [4.78, 5) is 32.1. The van der Waals surface area contributed by atoms with Gasteiger partial charge in [0.1, 0.15) is 6.61 Å². The number of halogens is 1. The number of esters is 1. The highest BCUT2D eigenvalue weighted by Crippen LogP contribution is 2.45. The normalized spacial score (nSPS) is 17.8. The molecule has 0 saturated heterocycles. The molecule has 2 aliphatic rings. The number of nitrogens with zero attached hydrogens (tertiary/aromatic N) is 2. The Morgan fingerprint density at radius 2 is 2.19 bits per heavy atom. The van der Waals surface area contributed by atoms with E-state index in [-0.39, 0.29) is 18.9 Å². The fourth-order valence-corrected chi connectivity index (χ4v) is 4.54. The van der Waals surface area contributed by atoms with Crippen LogP contribution in [0.3, 0.4) is 0 Å². The number of carbonyl (C=O) groups excluding carboxylic acids is 2. The molecule has 1 aromatic carbocycles. The number of hydrogen-bond donors (Lipinski definition) is 1. The molecule has 0 aliphatic carbocycles. The van der Waals surface area contributed by atoms with Gasteiger partial charge in [0, 0.05) is 17.3 Å². The molecule has 0 radical (unpaired) electrons. The van der Waals surface area contributed by atoms with Crippen molar-refractivity contribution in [3.8, 4) is 0 Å². The second-order valence-corrected chi connectivity index (χ2v) is 8.98. The van der Waals surface area contributed by atoms with Crippen molar-refractivity contribution in [2.45, 2.75) is 33.2 Å². The van der Waals surface area contributed by atoms with Gasteiger partial charge in [-0.3, -0.25) is 4.79 Å². The molecule has 6 nitrogen and oxygen atoms in total. The molecule has 1 aromatic rings. The van der Waals surface area contributed by atoms with Crippen molar-refractivity contribution in [1.29, 1.82) is 0 Å². The van der Waals surface area contributed by atoms with Gasteiger partial charge < -0.3 is 15.0 Å². The molecule has 1 N–H and O–H groups in total. The van der Waals surface area contributed by atoms with Gasteiger partial charge in [-0.25, -0.2) is 9.79 Å². The number of aliphatic imine (C=N–C) groups is 1. The van der Waals surface area contributed by atoms with Crippen LogP contribution in [0.1, 0.15) is 38.8 Å². The van der Waals surface area contributed by atoms with Crippen LogP contribution in [0, 0.1) is 5.92 Å². The van der Waals surface area contributed by atoms with Crippen molar-refractivity contribution in [2.24, 2.45) is 10.9 Å². The number of amides is 1. The van der Waals surface area contributed by atoms with E-state index in [0.29, 0.717) is 28.8 Å². The van der Waals surface area contributed by atoms with Gasteiger partial charge >= 0.3 is 5.97 Å². The lowest BCUT2D eigenvalue weighted by Crippen LogP contribution is -2.38. The molecule has 0 bridgehead atoms. The zero-order valence-electron chi connectivity index (χ0n) is 17.9. The molecule has 31 heavy (non-hydrogen) atoms. The number of thioether (sulfide) groups is 1. The molecule has 1 amide bonds. The van der Waals surface area contributed by atoms with Gasteiger partial charge in [-0.15, -0.1) is 0 Å². The largest absolute Gasteiger partial charge is 0.458 e. The summed E-state index contributed by atoms with van der Waals surface area (Å²) in [6.45, 7) is 10.2. The first-order valence-electron chi connectivity index (χ1n) is 10.1. The zero-order valence-corrected chi connectivity index (χ0v) is 19.4. The fraction of sp³-hybridized carbons (Fsp3) is 0.348. The lowest BCUT2D eigenvalue weighted by molar-refractivity contribution is -0.138. The fourth-order valence-electron chi connectivity index (χ4n) is 3.38. The molecule has 0 spiro atoms. The number of allylic oxidation sites excluding steroid dienone is 1. The van der Waals surface area contributed by atoms with Crippen LogP contribution in [0.4, 0.5) is 0 Å². The third-order valence-corrected chi connectivity index (χ3v) is 5.89. The Balaban J connectivity index is 1.98. The van der Waals surface area contributed by atoms with Gasteiger partial charge in [-0.1, -0.05) is 62.0 Å². The van der Waals surface area contributed by atoms with E-state index in [1.165, 1.54) is 17.8 Å². The Labute approximate surface area is 192 Å². The predicted octanol–water partition coefficient (Wildman–Crippen LogP) is 4.81.